The third-order valence-electron chi connectivity index (χ3n) is 4.67. The molecule has 0 aliphatic rings. The average molecular weight is 367 g/mol. The van der Waals surface area contributed by atoms with Gasteiger partial charge in [-0.2, -0.15) is 10.2 Å². The summed E-state index contributed by atoms with van der Waals surface area (Å²) in [6.45, 7) is 0. The van der Waals surface area contributed by atoms with E-state index >= 15 is 0 Å². The third-order valence-corrected chi connectivity index (χ3v) is 4.67. The molecular formula is C21H17N7. The van der Waals surface area contributed by atoms with E-state index in [9.17, 15) is 0 Å². The third kappa shape index (κ3) is 2.83. The van der Waals surface area contributed by atoms with Crippen LogP contribution in [0, 0.1) is 0 Å². The van der Waals surface area contributed by atoms with Crippen molar-refractivity contribution >= 4 is 44.1 Å². The van der Waals surface area contributed by atoms with Crippen molar-refractivity contribution in [3.8, 4) is 0 Å². The molecule has 0 saturated carbocycles. The Labute approximate surface area is 160 Å². The molecular weight excluding hydrogens is 350 g/mol. The summed E-state index contributed by atoms with van der Waals surface area (Å²) in [6.07, 6.45) is 3.43. The van der Waals surface area contributed by atoms with Crippen molar-refractivity contribution in [2.45, 2.75) is 0 Å². The Balaban J connectivity index is 2.02. The number of fused-ring (bicyclic) bond motifs is 4. The van der Waals surface area contributed by atoms with E-state index in [4.69, 9.17) is 9.97 Å². The van der Waals surface area contributed by atoms with E-state index in [1.165, 1.54) is 0 Å². The van der Waals surface area contributed by atoms with Crippen LogP contribution in [-0.4, -0.2) is 34.5 Å². The van der Waals surface area contributed by atoms with Gasteiger partial charge in [-0.25, -0.2) is 15.0 Å². The Morgan fingerprint density at radius 2 is 1.04 bits per heavy atom. The van der Waals surface area contributed by atoms with Crippen LogP contribution in [0.25, 0.3) is 44.1 Å². The van der Waals surface area contributed by atoms with Crippen LogP contribution in [0.15, 0.2) is 67.0 Å². The molecule has 0 unspecified atom stereocenters. The summed E-state index contributed by atoms with van der Waals surface area (Å²) in [5.74, 6) is 0. The van der Waals surface area contributed by atoms with Gasteiger partial charge in [-0.05, 0) is 36.4 Å². The predicted molar refractivity (Wildman–Crippen MR) is 110 cm³/mol. The summed E-state index contributed by atoms with van der Waals surface area (Å²) >= 11 is 0. The lowest BCUT2D eigenvalue weighted by atomic mass is 10.1. The minimum atomic E-state index is 0.735. The van der Waals surface area contributed by atoms with Crippen molar-refractivity contribution in [3.05, 3.63) is 67.0 Å². The van der Waals surface area contributed by atoms with E-state index in [-0.39, 0.29) is 0 Å². The Hall–Kier alpha value is -3.87. The molecule has 28 heavy (non-hydrogen) atoms. The number of hydrogen-bond acceptors (Lipinski definition) is 5. The molecule has 7 heteroatoms. The van der Waals surface area contributed by atoms with Crippen molar-refractivity contribution in [1.82, 2.24) is 34.5 Å². The predicted octanol–water partition coefficient (Wildman–Crippen LogP) is 3.64. The first kappa shape index (κ1) is 16.3. The van der Waals surface area contributed by atoms with Crippen molar-refractivity contribution in [1.29, 1.82) is 0 Å². The second-order valence-corrected chi connectivity index (χ2v) is 6.57. The van der Waals surface area contributed by atoms with E-state index in [0.29, 0.717) is 0 Å². The zero-order valence-electron chi connectivity index (χ0n) is 15.5. The molecule has 0 atom stereocenters. The number of benzene rings is 1. The van der Waals surface area contributed by atoms with Gasteiger partial charge in [0.15, 0.2) is 0 Å². The Morgan fingerprint density at radius 3 is 1.54 bits per heavy atom. The number of aromatic nitrogens is 7. The van der Waals surface area contributed by atoms with Gasteiger partial charge < -0.3 is 0 Å². The molecule has 0 aliphatic carbocycles. The summed E-state index contributed by atoms with van der Waals surface area (Å²) in [4.78, 5) is 14.2. The summed E-state index contributed by atoms with van der Waals surface area (Å²) in [7, 11) is 3.73. The van der Waals surface area contributed by atoms with Crippen molar-refractivity contribution < 1.29 is 0 Å². The number of aryl methyl sites for hydroxylation is 2. The van der Waals surface area contributed by atoms with Crippen LogP contribution in [0.2, 0.25) is 0 Å². The lowest BCUT2D eigenvalue weighted by Crippen LogP contribution is -1.98. The lowest BCUT2D eigenvalue weighted by Gasteiger charge is -2.05. The largest absolute Gasteiger partial charge is 0.251 e. The fourth-order valence-electron chi connectivity index (χ4n) is 3.13. The molecule has 1 aromatic carbocycles. The van der Waals surface area contributed by atoms with Crippen LogP contribution >= 0.6 is 0 Å². The molecule has 6 bridgehead atoms. The normalized spacial score (nSPS) is 11.2. The number of pyridine rings is 3. The van der Waals surface area contributed by atoms with Gasteiger partial charge in [0.05, 0.1) is 34.5 Å². The highest BCUT2D eigenvalue weighted by molar-refractivity contribution is 6.04. The smallest absolute Gasteiger partial charge is 0.149 e. The van der Waals surface area contributed by atoms with Gasteiger partial charge in [-0.3, -0.25) is 9.36 Å². The van der Waals surface area contributed by atoms with E-state index in [0.717, 1.165) is 44.1 Å². The SMILES string of the molecule is Cn1ncc2cccc(cnn(C)c3ccc4ccc5ccc1nc5c4n3)n2. The highest BCUT2D eigenvalue weighted by Crippen LogP contribution is 2.23. The Bertz CT molecular complexity index is 1340. The summed E-state index contributed by atoms with van der Waals surface area (Å²) in [6, 6.07) is 17.8. The first-order valence-electron chi connectivity index (χ1n) is 8.90. The second kappa shape index (κ2) is 6.38. The van der Waals surface area contributed by atoms with Crippen molar-refractivity contribution in [3.63, 3.8) is 0 Å². The molecule has 4 heterocycles. The Morgan fingerprint density at radius 1 is 0.571 bits per heavy atom. The topological polar surface area (TPSA) is 74.3 Å². The molecule has 0 saturated heterocycles. The van der Waals surface area contributed by atoms with E-state index in [2.05, 4.69) is 27.3 Å². The number of hydrogen-bond donors (Lipinski definition) is 0. The first-order valence-corrected chi connectivity index (χ1v) is 8.90. The highest BCUT2D eigenvalue weighted by Gasteiger charge is 2.05. The molecule has 0 fully saturated rings. The van der Waals surface area contributed by atoms with E-state index in [1.54, 1.807) is 21.8 Å². The van der Waals surface area contributed by atoms with Gasteiger partial charge in [0.2, 0.25) is 0 Å². The van der Waals surface area contributed by atoms with Gasteiger partial charge in [-0.15, -0.1) is 0 Å². The van der Waals surface area contributed by atoms with Gasteiger partial charge in [0.1, 0.15) is 11.3 Å². The Kier molecular flexibility index (Phi) is 3.72. The molecule has 5 rings (SSSR count). The highest BCUT2D eigenvalue weighted by atomic mass is 15.3. The molecule has 0 amide bonds. The van der Waals surface area contributed by atoms with Crippen LogP contribution in [0.3, 0.4) is 0 Å². The standard InChI is InChI=1S/C21H17N7/c1-27-18-10-8-14-6-7-15-9-11-19(26-21(15)20(14)25-18)28(2)23-13-17-5-3-4-16(24-17)12-22-27/h3-13H,1-2H3. The lowest BCUT2D eigenvalue weighted by molar-refractivity contribution is 0.769. The maximum atomic E-state index is 4.83. The zero-order valence-corrected chi connectivity index (χ0v) is 15.5. The van der Waals surface area contributed by atoms with Gasteiger partial charge in [-0.1, -0.05) is 18.2 Å². The molecule has 5 aromatic rings. The molecule has 0 spiro atoms. The van der Waals surface area contributed by atoms with Crippen molar-refractivity contribution in [2.75, 3.05) is 0 Å². The maximum Gasteiger partial charge on any atom is 0.149 e. The molecule has 0 radical (unpaired) electrons. The first-order chi connectivity index (χ1) is 13.7. The van der Waals surface area contributed by atoms with Crippen molar-refractivity contribution in [2.24, 2.45) is 14.1 Å². The van der Waals surface area contributed by atoms with E-state index in [1.807, 2.05) is 56.6 Å². The van der Waals surface area contributed by atoms with Crippen LogP contribution in [0.1, 0.15) is 0 Å². The minimum absolute atomic E-state index is 0.735. The average Bonchev–Trinajstić information content (AvgIpc) is 2.74. The monoisotopic (exact) mass is 367 g/mol. The van der Waals surface area contributed by atoms with Gasteiger partial charge >= 0.3 is 0 Å². The molecule has 7 nitrogen and oxygen atoms in total. The van der Waals surface area contributed by atoms with Gasteiger partial charge in [0, 0.05) is 24.9 Å². The number of nitrogens with zero attached hydrogens (tertiary/aromatic N) is 7. The fraction of sp³-hybridized carbons (Fsp3) is 0.0952. The molecule has 136 valence electrons. The summed E-state index contributed by atoms with van der Waals surface area (Å²) < 4.78 is 3.46. The summed E-state index contributed by atoms with van der Waals surface area (Å²) in [5.41, 5.74) is 4.64. The quantitative estimate of drug-likeness (QED) is 0.391. The van der Waals surface area contributed by atoms with Crippen LogP contribution < -0.4 is 0 Å². The van der Waals surface area contributed by atoms with Crippen LogP contribution in [-0.2, 0) is 14.1 Å². The van der Waals surface area contributed by atoms with Crippen LogP contribution in [0.5, 0.6) is 0 Å². The van der Waals surface area contributed by atoms with E-state index < -0.39 is 0 Å². The summed E-state index contributed by atoms with van der Waals surface area (Å²) in [5, 5.41) is 11.0. The zero-order chi connectivity index (χ0) is 19.1. The second-order valence-electron chi connectivity index (χ2n) is 6.57. The molecule has 0 N–H and O–H groups in total. The fourth-order valence-corrected chi connectivity index (χ4v) is 3.13. The number of rotatable bonds is 0. The minimum Gasteiger partial charge on any atom is -0.251 e. The maximum absolute atomic E-state index is 4.83. The van der Waals surface area contributed by atoms with Crippen LogP contribution in [0.4, 0.5) is 0 Å². The molecule has 0 aliphatic heterocycles. The molecule has 4 aromatic heterocycles. The van der Waals surface area contributed by atoms with Gasteiger partial charge in [0.25, 0.3) is 0 Å².